The zero-order chi connectivity index (χ0) is 18.1. The molecule has 0 bridgehead atoms. The number of aromatic nitrogens is 3. The number of hydrogen-bond donors (Lipinski definition) is 1. The lowest BCUT2D eigenvalue weighted by atomic mass is 10.0. The Bertz CT molecular complexity index is 927. The van der Waals surface area contributed by atoms with Crippen molar-refractivity contribution in [3.63, 3.8) is 0 Å². The van der Waals surface area contributed by atoms with E-state index in [9.17, 15) is 4.79 Å². The predicted molar refractivity (Wildman–Crippen MR) is 97.4 cm³/mol. The van der Waals surface area contributed by atoms with Gasteiger partial charge in [-0.1, -0.05) is 29.4 Å². The molecule has 6 nitrogen and oxygen atoms in total. The molecule has 1 atom stereocenters. The summed E-state index contributed by atoms with van der Waals surface area (Å²) in [7, 11) is 0. The third-order valence-electron chi connectivity index (χ3n) is 5.07. The van der Waals surface area contributed by atoms with Crippen molar-refractivity contribution in [3.05, 3.63) is 59.0 Å². The van der Waals surface area contributed by atoms with E-state index < -0.39 is 0 Å². The van der Waals surface area contributed by atoms with Gasteiger partial charge in [0.2, 0.25) is 5.91 Å². The quantitative estimate of drug-likeness (QED) is 0.780. The molecule has 1 aliphatic rings. The van der Waals surface area contributed by atoms with Crippen LogP contribution < -0.4 is 0 Å². The van der Waals surface area contributed by atoms with Crippen LogP contribution in [0.15, 0.2) is 41.1 Å². The summed E-state index contributed by atoms with van der Waals surface area (Å²) in [5, 5.41) is 11.2. The summed E-state index contributed by atoms with van der Waals surface area (Å²) >= 11 is 0. The lowest BCUT2D eigenvalue weighted by Gasteiger charge is -2.25. The SMILES string of the molecule is Cc1cc(-c2cn[nH]c2[C@@H]2CCCN2C(=O)Cc2ccccc2C)on1. The Kier molecular flexibility index (Phi) is 4.32. The highest BCUT2D eigenvalue weighted by Crippen LogP contribution is 2.37. The molecule has 1 aliphatic heterocycles. The van der Waals surface area contributed by atoms with E-state index in [1.165, 1.54) is 0 Å². The van der Waals surface area contributed by atoms with Crippen molar-refractivity contribution < 1.29 is 9.32 Å². The van der Waals surface area contributed by atoms with E-state index in [2.05, 4.69) is 15.4 Å². The molecule has 6 heteroatoms. The molecule has 1 N–H and O–H groups in total. The van der Waals surface area contributed by atoms with E-state index >= 15 is 0 Å². The first-order valence-corrected chi connectivity index (χ1v) is 8.94. The number of likely N-dealkylation sites (tertiary alicyclic amines) is 1. The van der Waals surface area contributed by atoms with Gasteiger partial charge in [-0.3, -0.25) is 9.89 Å². The van der Waals surface area contributed by atoms with Gasteiger partial charge in [-0.25, -0.2) is 0 Å². The van der Waals surface area contributed by atoms with Gasteiger partial charge in [-0.2, -0.15) is 5.10 Å². The molecule has 0 unspecified atom stereocenters. The molecule has 1 fully saturated rings. The average Bonchev–Trinajstić information content (AvgIpc) is 3.35. The lowest BCUT2D eigenvalue weighted by Crippen LogP contribution is -2.32. The fraction of sp³-hybridized carbons (Fsp3) is 0.350. The Morgan fingerprint density at radius 3 is 2.96 bits per heavy atom. The Labute approximate surface area is 152 Å². The number of hydrogen-bond acceptors (Lipinski definition) is 4. The number of amides is 1. The molecule has 26 heavy (non-hydrogen) atoms. The molecule has 2 aromatic heterocycles. The molecule has 3 heterocycles. The summed E-state index contributed by atoms with van der Waals surface area (Å²) in [6.45, 7) is 4.70. The van der Waals surface area contributed by atoms with Crippen LogP contribution in [0.2, 0.25) is 0 Å². The largest absolute Gasteiger partial charge is 0.356 e. The van der Waals surface area contributed by atoms with Crippen LogP contribution in [0, 0.1) is 13.8 Å². The van der Waals surface area contributed by atoms with Crippen molar-refractivity contribution in [1.82, 2.24) is 20.3 Å². The number of carbonyl (C=O) groups is 1. The van der Waals surface area contributed by atoms with Crippen LogP contribution in [-0.4, -0.2) is 32.7 Å². The highest BCUT2D eigenvalue weighted by atomic mass is 16.5. The molecular weight excluding hydrogens is 328 g/mol. The van der Waals surface area contributed by atoms with E-state index in [0.29, 0.717) is 12.2 Å². The van der Waals surface area contributed by atoms with Crippen LogP contribution in [0.5, 0.6) is 0 Å². The molecule has 3 aromatic rings. The molecule has 1 aromatic carbocycles. The van der Waals surface area contributed by atoms with Crippen molar-refractivity contribution in [1.29, 1.82) is 0 Å². The lowest BCUT2D eigenvalue weighted by molar-refractivity contribution is -0.131. The number of nitrogens with zero attached hydrogens (tertiary/aromatic N) is 3. The van der Waals surface area contributed by atoms with Crippen LogP contribution in [0.3, 0.4) is 0 Å². The van der Waals surface area contributed by atoms with Crippen molar-refractivity contribution in [2.24, 2.45) is 0 Å². The van der Waals surface area contributed by atoms with Crippen LogP contribution in [-0.2, 0) is 11.2 Å². The van der Waals surface area contributed by atoms with Crippen LogP contribution in [0.4, 0.5) is 0 Å². The second-order valence-corrected chi connectivity index (χ2v) is 6.88. The number of rotatable bonds is 4. The van der Waals surface area contributed by atoms with Crippen LogP contribution in [0.1, 0.15) is 41.4 Å². The van der Waals surface area contributed by atoms with Gasteiger partial charge in [0.25, 0.3) is 0 Å². The Morgan fingerprint density at radius 2 is 2.19 bits per heavy atom. The second-order valence-electron chi connectivity index (χ2n) is 6.88. The van der Waals surface area contributed by atoms with Crippen molar-refractivity contribution in [2.45, 2.75) is 39.2 Å². The first-order chi connectivity index (χ1) is 12.6. The number of nitrogens with one attached hydrogen (secondary N) is 1. The predicted octanol–water partition coefficient (Wildman–Crippen LogP) is 3.59. The van der Waals surface area contributed by atoms with E-state index in [1.54, 1.807) is 6.20 Å². The molecule has 4 rings (SSSR count). The second kappa shape index (κ2) is 6.78. The molecule has 0 radical (unpaired) electrons. The number of benzene rings is 1. The summed E-state index contributed by atoms with van der Waals surface area (Å²) in [4.78, 5) is 14.9. The van der Waals surface area contributed by atoms with Crippen molar-refractivity contribution >= 4 is 5.91 Å². The smallest absolute Gasteiger partial charge is 0.227 e. The summed E-state index contributed by atoms with van der Waals surface area (Å²) in [6, 6.07) is 9.94. The average molecular weight is 350 g/mol. The van der Waals surface area contributed by atoms with Crippen molar-refractivity contribution in [2.75, 3.05) is 6.54 Å². The summed E-state index contributed by atoms with van der Waals surface area (Å²) in [5.74, 6) is 0.834. The van der Waals surface area contributed by atoms with Crippen molar-refractivity contribution in [3.8, 4) is 11.3 Å². The number of aromatic amines is 1. The van der Waals surface area contributed by atoms with E-state index in [1.807, 2.05) is 49.1 Å². The van der Waals surface area contributed by atoms with Gasteiger partial charge in [0.15, 0.2) is 5.76 Å². The molecule has 1 saturated heterocycles. The van der Waals surface area contributed by atoms with Crippen LogP contribution >= 0.6 is 0 Å². The van der Waals surface area contributed by atoms with E-state index in [4.69, 9.17) is 4.52 Å². The summed E-state index contributed by atoms with van der Waals surface area (Å²) in [6.07, 6.45) is 4.07. The first-order valence-electron chi connectivity index (χ1n) is 8.94. The highest BCUT2D eigenvalue weighted by Gasteiger charge is 2.33. The third-order valence-corrected chi connectivity index (χ3v) is 5.07. The zero-order valence-electron chi connectivity index (χ0n) is 15.0. The topological polar surface area (TPSA) is 75.0 Å². The van der Waals surface area contributed by atoms with Gasteiger partial charge >= 0.3 is 0 Å². The maximum Gasteiger partial charge on any atom is 0.227 e. The van der Waals surface area contributed by atoms with Gasteiger partial charge in [-0.15, -0.1) is 0 Å². The Hall–Kier alpha value is -2.89. The Balaban J connectivity index is 1.59. The van der Waals surface area contributed by atoms with Crippen LogP contribution in [0.25, 0.3) is 11.3 Å². The number of aryl methyl sites for hydroxylation is 2. The third kappa shape index (κ3) is 3.03. The first kappa shape index (κ1) is 16.6. The molecular formula is C20H22N4O2. The maximum atomic E-state index is 13.0. The van der Waals surface area contributed by atoms with E-state index in [0.717, 1.165) is 47.5 Å². The van der Waals surface area contributed by atoms with Gasteiger partial charge < -0.3 is 9.42 Å². The monoisotopic (exact) mass is 350 g/mol. The van der Waals surface area contributed by atoms with Gasteiger partial charge in [0, 0.05) is 12.6 Å². The minimum atomic E-state index is -0.00516. The fourth-order valence-electron chi connectivity index (χ4n) is 3.68. The molecule has 1 amide bonds. The molecule has 134 valence electrons. The number of H-pyrrole nitrogens is 1. The van der Waals surface area contributed by atoms with Gasteiger partial charge in [0.1, 0.15) is 0 Å². The van der Waals surface area contributed by atoms with Gasteiger partial charge in [-0.05, 0) is 37.8 Å². The normalized spacial score (nSPS) is 17.0. The number of carbonyl (C=O) groups excluding carboxylic acids is 1. The maximum absolute atomic E-state index is 13.0. The summed E-state index contributed by atoms with van der Waals surface area (Å²) < 4.78 is 5.40. The molecule has 0 spiro atoms. The minimum absolute atomic E-state index is 0.00516. The fourth-order valence-corrected chi connectivity index (χ4v) is 3.68. The standard InChI is InChI=1S/C20H22N4O2/c1-13-6-3-4-7-15(13)11-19(25)24-9-5-8-17(24)20-16(12-21-22-20)18-10-14(2)23-26-18/h3-4,6-7,10,12,17H,5,8-9,11H2,1-2H3,(H,21,22)/t17-/m0/s1. The summed E-state index contributed by atoms with van der Waals surface area (Å²) in [5.41, 5.74) is 4.86. The highest BCUT2D eigenvalue weighted by molar-refractivity contribution is 5.80. The van der Waals surface area contributed by atoms with E-state index in [-0.39, 0.29) is 11.9 Å². The molecule has 0 saturated carbocycles. The zero-order valence-corrected chi connectivity index (χ0v) is 15.0. The van der Waals surface area contributed by atoms with Gasteiger partial charge in [0.05, 0.1) is 35.6 Å². The Morgan fingerprint density at radius 1 is 1.35 bits per heavy atom. The minimum Gasteiger partial charge on any atom is -0.356 e. The molecule has 0 aliphatic carbocycles.